The number of rotatable bonds is 3. The summed E-state index contributed by atoms with van der Waals surface area (Å²) in [6, 6.07) is 7.67. The minimum Gasteiger partial charge on any atom is -0.475 e. The van der Waals surface area contributed by atoms with Gasteiger partial charge in [-0.2, -0.15) is 0 Å². The molecule has 0 aliphatic heterocycles. The maximum Gasteiger partial charge on any atom is 0.262 e. The number of benzene rings is 1. The van der Waals surface area contributed by atoms with Crippen LogP contribution in [0.15, 0.2) is 28.8 Å². The highest BCUT2D eigenvalue weighted by Crippen LogP contribution is 2.23. The second-order valence-corrected chi connectivity index (χ2v) is 2.83. The molecule has 0 fully saturated rings. The van der Waals surface area contributed by atoms with Gasteiger partial charge in [0.25, 0.3) is 5.88 Å². The number of hydrogen-bond donors (Lipinski definition) is 0. The Morgan fingerprint density at radius 2 is 2.23 bits per heavy atom. The first-order valence-electron chi connectivity index (χ1n) is 4.39. The Morgan fingerprint density at radius 1 is 1.38 bits per heavy atom. The summed E-state index contributed by atoms with van der Waals surface area (Å²) in [4.78, 5) is 0. The molecule has 0 amide bonds. The minimum absolute atomic E-state index is 0.595. The predicted molar refractivity (Wildman–Crippen MR) is 49.8 cm³/mol. The standard InChI is InChI=1S/C10H11NO2/c1-2-7-12-10-8-5-3-4-6-9(8)13-11-10/h3-6H,2,7H2,1H3. The van der Waals surface area contributed by atoms with Crippen molar-refractivity contribution in [2.45, 2.75) is 13.3 Å². The highest BCUT2D eigenvalue weighted by atomic mass is 16.5. The minimum atomic E-state index is 0.595. The van der Waals surface area contributed by atoms with Crippen molar-refractivity contribution in [1.29, 1.82) is 0 Å². The van der Waals surface area contributed by atoms with E-state index in [4.69, 9.17) is 9.26 Å². The molecule has 2 aromatic rings. The third-order valence-electron chi connectivity index (χ3n) is 1.79. The molecule has 0 saturated carbocycles. The van der Waals surface area contributed by atoms with Crippen LogP contribution in [-0.4, -0.2) is 11.8 Å². The molecule has 0 spiro atoms. The molecule has 0 unspecified atom stereocenters. The van der Waals surface area contributed by atoms with Crippen molar-refractivity contribution in [3.8, 4) is 5.88 Å². The van der Waals surface area contributed by atoms with Gasteiger partial charge in [0.15, 0.2) is 5.58 Å². The monoisotopic (exact) mass is 177 g/mol. The van der Waals surface area contributed by atoms with Crippen LogP contribution in [0.25, 0.3) is 11.0 Å². The van der Waals surface area contributed by atoms with E-state index in [0.29, 0.717) is 12.5 Å². The number of nitrogens with zero attached hydrogens (tertiary/aromatic N) is 1. The topological polar surface area (TPSA) is 35.3 Å². The predicted octanol–water partition coefficient (Wildman–Crippen LogP) is 2.62. The molecule has 1 aromatic carbocycles. The number of ether oxygens (including phenoxy) is 1. The van der Waals surface area contributed by atoms with E-state index in [1.54, 1.807) is 0 Å². The summed E-state index contributed by atoms with van der Waals surface area (Å²) in [5.41, 5.74) is 0.772. The van der Waals surface area contributed by atoms with Gasteiger partial charge >= 0.3 is 0 Å². The third kappa shape index (κ3) is 1.49. The van der Waals surface area contributed by atoms with Crippen LogP contribution in [0, 0.1) is 0 Å². The van der Waals surface area contributed by atoms with Gasteiger partial charge in [0.1, 0.15) is 0 Å². The molecule has 3 nitrogen and oxygen atoms in total. The van der Waals surface area contributed by atoms with E-state index in [1.165, 1.54) is 0 Å². The number of para-hydroxylation sites is 1. The normalized spacial score (nSPS) is 10.5. The molecule has 68 valence electrons. The Labute approximate surface area is 76.3 Å². The lowest BCUT2D eigenvalue weighted by atomic mass is 10.3. The summed E-state index contributed by atoms with van der Waals surface area (Å²) in [6.07, 6.45) is 0.973. The SMILES string of the molecule is CCCOc1noc2ccccc12. The van der Waals surface area contributed by atoms with Crippen molar-refractivity contribution < 1.29 is 9.26 Å². The Bertz CT molecular complexity index is 394. The maximum atomic E-state index is 5.40. The van der Waals surface area contributed by atoms with E-state index in [9.17, 15) is 0 Å². The molecular formula is C10H11NO2. The van der Waals surface area contributed by atoms with Crippen molar-refractivity contribution in [2.24, 2.45) is 0 Å². The van der Waals surface area contributed by atoms with E-state index >= 15 is 0 Å². The molecule has 0 N–H and O–H groups in total. The number of aromatic nitrogens is 1. The molecular weight excluding hydrogens is 166 g/mol. The summed E-state index contributed by atoms with van der Waals surface area (Å²) in [5.74, 6) is 0.595. The van der Waals surface area contributed by atoms with Crippen molar-refractivity contribution >= 4 is 11.0 Å². The summed E-state index contributed by atoms with van der Waals surface area (Å²) in [5, 5.41) is 4.78. The molecule has 1 heterocycles. The van der Waals surface area contributed by atoms with E-state index < -0.39 is 0 Å². The fourth-order valence-corrected chi connectivity index (χ4v) is 1.17. The molecule has 0 aliphatic carbocycles. The summed E-state index contributed by atoms with van der Waals surface area (Å²) < 4.78 is 10.5. The van der Waals surface area contributed by atoms with E-state index in [0.717, 1.165) is 17.4 Å². The van der Waals surface area contributed by atoms with E-state index in [2.05, 4.69) is 12.1 Å². The zero-order valence-corrected chi connectivity index (χ0v) is 7.49. The van der Waals surface area contributed by atoms with Crippen molar-refractivity contribution in [3.63, 3.8) is 0 Å². The fourth-order valence-electron chi connectivity index (χ4n) is 1.17. The second kappa shape index (κ2) is 3.47. The summed E-state index contributed by atoms with van der Waals surface area (Å²) in [7, 11) is 0. The Morgan fingerprint density at radius 3 is 3.08 bits per heavy atom. The van der Waals surface area contributed by atoms with Crippen LogP contribution in [0.2, 0.25) is 0 Å². The third-order valence-corrected chi connectivity index (χ3v) is 1.79. The van der Waals surface area contributed by atoms with Gasteiger partial charge in [-0.3, -0.25) is 0 Å². The quantitative estimate of drug-likeness (QED) is 0.722. The molecule has 1 aromatic heterocycles. The van der Waals surface area contributed by atoms with Gasteiger partial charge in [-0.25, -0.2) is 0 Å². The van der Waals surface area contributed by atoms with Gasteiger partial charge in [0, 0.05) is 0 Å². The van der Waals surface area contributed by atoms with Crippen LogP contribution < -0.4 is 4.74 Å². The molecule has 3 heteroatoms. The first-order chi connectivity index (χ1) is 6.42. The lowest BCUT2D eigenvalue weighted by Gasteiger charge is -1.97. The highest BCUT2D eigenvalue weighted by molar-refractivity contribution is 5.81. The average molecular weight is 177 g/mol. The van der Waals surface area contributed by atoms with Gasteiger partial charge in [0.05, 0.1) is 12.0 Å². The first kappa shape index (κ1) is 8.10. The zero-order valence-electron chi connectivity index (χ0n) is 7.49. The Hall–Kier alpha value is -1.51. The lowest BCUT2D eigenvalue weighted by Crippen LogP contribution is -1.94. The van der Waals surface area contributed by atoms with E-state index in [1.807, 2.05) is 24.3 Å². The zero-order chi connectivity index (χ0) is 9.10. The van der Waals surface area contributed by atoms with Crippen LogP contribution in [0.1, 0.15) is 13.3 Å². The maximum absolute atomic E-state index is 5.40. The van der Waals surface area contributed by atoms with Gasteiger partial charge in [-0.1, -0.05) is 19.1 Å². The van der Waals surface area contributed by atoms with Crippen LogP contribution in [0.5, 0.6) is 5.88 Å². The molecule has 0 bridgehead atoms. The Kier molecular flexibility index (Phi) is 2.17. The molecule has 0 atom stereocenters. The molecule has 13 heavy (non-hydrogen) atoms. The van der Waals surface area contributed by atoms with Crippen LogP contribution in [0.4, 0.5) is 0 Å². The molecule has 0 aliphatic rings. The van der Waals surface area contributed by atoms with Crippen LogP contribution in [-0.2, 0) is 0 Å². The molecule has 2 rings (SSSR count). The largest absolute Gasteiger partial charge is 0.475 e. The summed E-state index contributed by atoms with van der Waals surface area (Å²) >= 11 is 0. The number of hydrogen-bond acceptors (Lipinski definition) is 3. The first-order valence-corrected chi connectivity index (χ1v) is 4.39. The van der Waals surface area contributed by atoms with Crippen molar-refractivity contribution in [1.82, 2.24) is 5.16 Å². The molecule has 0 saturated heterocycles. The van der Waals surface area contributed by atoms with Crippen molar-refractivity contribution in [3.05, 3.63) is 24.3 Å². The van der Waals surface area contributed by atoms with Crippen LogP contribution >= 0.6 is 0 Å². The lowest BCUT2D eigenvalue weighted by molar-refractivity contribution is 0.284. The Balaban J connectivity index is 2.35. The average Bonchev–Trinajstić information content (AvgIpc) is 2.58. The second-order valence-electron chi connectivity index (χ2n) is 2.83. The van der Waals surface area contributed by atoms with Gasteiger partial charge < -0.3 is 9.26 Å². The fraction of sp³-hybridized carbons (Fsp3) is 0.300. The van der Waals surface area contributed by atoms with Gasteiger partial charge in [-0.15, -0.1) is 0 Å². The van der Waals surface area contributed by atoms with Crippen molar-refractivity contribution in [2.75, 3.05) is 6.61 Å². The van der Waals surface area contributed by atoms with Gasteiger partial charge in [-0.05, 0) is 23.7 Å². The summed E-state index contributed by atoms with van der Waals surface area (Å²) in [6.45, 7) is 2.73. The highest BCUT2D eigenvalue weighted by Gasteiger charge is 2.06. The van der Waals surface area contributed by atoms with E-state index in [-0.39, 0.29) is 0 Å². The van der Waals surface area contributed by atoms with Crippen LogP contribution in [0.3, 0.4) is 0 Å². The molecule has 0 radical (unpaired) electrons. The van der Waals surface area contributed by atoms with Gasteiger partial charge in [0.2, 0.25) is 0 Å². The number of fused-ring (bicyclic) bond motifs is 1. The smallest absolute Gasteiger partial charge is 0.262 e.